The Morgan fingerprint density at radius 2 is 1.04 bits per heavy atom. The van der Waals surface area contributed by atoms with Gasteiger partial charge in [-0.15, -0.1) is 0 Å². The van der Waals surface area contributed by atoms with Crippen molar-refractivity contribution < 1.29 is 0 Å². The summed E-state index contributed by atoms with van der Waals surface area (Å²) in [4.78, 5) is 2.27. The summed E-state index contributed by atoms with van der Waals surface area (Å²) in [6.07, 6.45) is 21.4. The normalized spacial score (nSPS) is 12.9. The summed E-state index contributed by atoms with van der Waals surface area (Å²) in [6, 6.07) is 0. The first-order valence-electron chi connectivity index (χ1n) is 10.6. The number of rotatable bonds is 18. The van der Waals surface area contributed by atoms with Crippen molar-refractivity contribution in [3.05, 3.63) is 0 Å². The van der Waals surface area contributed by atoms with E-state index >= 15 is 0 Å². The van der Waals surface area contributed by atoms with Crippen LogP contribution in [-0.4, -0.2) is 32.1 Å². The predicted octanol–water partition coefficient (Wildman–Crippen LogP) is 5.99. The van der Waals surface area contributed by atoms with Gasteiger partial charge in [-0.2, -0.15) is 0 Å². The fraction of sp³-hybridized carbons (Fsp3) is 1.00. The van der Waals surface area contributed by atoms with Crippen molar-refractivity contribution in [2.24, 2.45) is 11.7 Å². The van der Waals surface area contributed by atoms with E-state index in [9.17, 15) is 0 Å². The molecule has 0 rings (SSSR count). The van der Waals surface area contributed by atoms with Crippen LogP contribution in [0.3, 0.4) is 0 Å². The molecule has 0 heterocycles. The predicted molar refractivity (Wildman–Crippen MR) is 106 cm³/mol. The van der Waals surface area contributed by atoms with E-state index in [1.54, 1.807) is 0 Å². The molecule has 0 saturated heterocycles. The Labute approximate surface area is 147 Å². The Balaban J connectivity index is 3.15. The molecule has 0 radical (unpaired) electrons. The molecule has 0 aromatic carbocycles. The first kappa shape index (κ1) is 22.9. The fourth-order valence-electron chi connectivity index (χ4n) is 3.43. The van der Waals surface area contributed by atoms with Gasteiger partial charge in [0.05, 0.1) is 0 Å². The van der Waals surface area contributed by atoms with Crippen LogP contribution in [0, 0.1) is 5.92 Å². The van der Waals surface area contributed by atoms with E-state index in [1.165, 1.54) is 96.3 Å². The molecule has 2 heteroatoms. The molecule has 0 aliphatic heterocycles. The van der Waals surface area contributed by atoms with Gasteiger partial charge >= 0.3 is 0 Å². The minimum atomic E-state index is 0.697. The Morgan fingerprint density at radius 3 is 1.39 bits per heavy atom. The first-order chi connectivity index (χ1) is 11.2. The second kappa shape index (κ2) is 18.3. The zero-order chi connectivity index (χ0) is 17.2. The van der Waals surface area contributed by atoms with Gasteiger partial charge in [-0.3, -0.25) is 0 Å². The monoisotopic (exact) mass is 326 g/mol. The van der Waals surface area contributed by atoms with Crippen LogP contribution in [0.2, 0.25) is 0 Å². The number of hydrogen-bond donors (Lipinski definition) is 1. The van der Waals surface area contributed by atoms with E-state index in [1.807, 2.05) is 0 Å². The van der Waals surface area contributed by atoms with Crippen molar-refractivity contribution in [3.63, 3.8) is 0 Å². The van der Waals surface area contributed by atoms with Crippen molar-refractivity contribution in [1.29, 1.82) is 0 Å². The summed E-state index contributed by atoms with van der Waals surface area (Å²) >= 11 is 0. The van der Waals surface area contributed by atoms with E-state index in [0.29, 0.717) is 5.92 Å². The lowest BCUT2D eigenvalue weighted by atomic mass is 9.99. The van der Waals surface area contributed by atoms with Gasteiger partial charge in [-0.05, 0) is 33.0 Å². The van der Waals surface area contributed by atoms with Crippen LogP contribution in [-0.2, 0) is 0 Å². The van der Waals surface area contributed by atoms with E-state index in [4.69, 9.17) is 5.73 Å². The highest BCUT2D eigenvalue weighted by Gasteiger charge is 2.07. The van der Waals surface area contributed by atoms with Crippen LogP contribution in [0.25, 0.3) is 0 Å². The Bertz CT molecular complexity index is 216. The highest BCUT2D eigenvalue weighted by Crippen LogP contribution is 2.15. The van der Waals surface area contributed by atoms with E-state index in [2.05, 4.69) is 25.9 Å². The molecule has 0 spiro atoms. The summed E-state index contributed by atoms with van der Waals surface area (Å²) in [7, 11) is 4.29. The second-order valence-electron chi connectivity index (χ2n) is 7.75. The molecular weight excluding hydrogens is 280 g/mol. The molecule has 0 aliphatic rings. The van der Waals surface area contributed by atoms with Gasteiger partial charge in [0.15, 0.2) is 0 Å². The molecule has 0 fully saturated rings. The van der Waals surface area contributed by atoms with Crippen LogP contribution < -0.4 is 5.73 Å². The summed E-state index contributed by atoms with van der Waals surface area (Å²) in [5.41, 5.74) is 5.85. The third-order valence-corrected chi connectivity index (χ3v) is 4.92. The quantitative estimate of drug-likeness (QED) is 0.313. The topological polar surface area (TPSA) is 29.3 Å². The van der Waals surface area contributed by atoms with Gasteiger partial charge in [0.2, 0.25) is 0 Å². The zero-order valence-corrected chi connectivity index (χ0v) is 16.6. The molecule has 1 atom stereocenters. The molecule has 0 bridgehead atoms. The van der Waals surface area contributed by atoms with Gasteiger partial charge < -0.3 is 10.6 Å². The summed E-state index contributed by atoms with van der Waals surface area (Å²) in [6.45, 7) is 4.28. The third-order valence-electron chi connectivity index (χ3n) is 4.92. The molecule has 0 aromatic heterocycles. The van der Waals surface area contributed by atoms with E-state index in [-0.39, 0.29) is 0 Å². The molecule has 0 amide bonds. The van der Waals surface area contributed by atoms with Crippen molar-refractivity contribution in [3.8, 4) is 0 Å². The maximum Gasteiger partial charge on any atom is 0.00156 e. The van der Waals surface area contributed by atoms with Crippen LogP contribution in [0.15, 0.2) is 0 Å². The lowest BCUT2D eigenvalue weighted by Gasteiger charge is -2.19. The zero-order valence-electron chi connectivity index (χ0n) is 16.6. The van der Waals surface area contributed by atoms with Crippen LogP contribution in [0.1, 0.15) is 103 Å². The van der Waals surface area contributed by atoms with E-state index < -0.39 is 0 Å². The molecule has 2 nitrogen and oxygen atoms in total. The molecule has 1 unspecified atom stereocenters. The lowest BCUT2D eigenvalue weighted by Crippen LogP contribution is -2.27. The Morgan fingerprint density at radius 1 is 0.652 bits per heavy atom. The largest absolute Gasteiger partial charge is 0.330 e. The summed E-state index contributed by atoms with van der Waals surface area (Å²) in [5, 5.41) is 0. The van der Waals surface area contributed by atoms with Gasteiger partial charge in [0.25, 0.3) is 0 Å². The lowest BCUT2D eigenvalue weighted by molar-refractivity contribution is 0.310. The molecule has 2 N–H and O–H groups in total. The molecular formula is C21H46N2. The highest BCUT2D eigenvalue weighted by atomic mass is 15.1. The average molecular weight is 327 g/mol. The number of nitrogens with zero attached hydrogens (tertiary/aromatic N) is 1. The van der Waals surface area contributed by atoms with Crippen LogP contribution in [0.5, 0.6) is 0 Å². The number of unbranched alkanes of at least 4 members (excludes halogenated alkanes) is 13. The minimum Gasteiger partial charge on any atom is -0.330 e. The molecule has 23 heavy (non-hydrogen) atoms. The van der Waals surface area contributed by atoms with Crippen molar-refractivity contribution in [2.45, 2.75) is 103 Å². The van der Waals surface area contributed by atoms with Gasteiger partial charge in [-0.1, -0.05) is 96.8 Å². The molecule has 0 aromatic rings. The SMILES string of the molecule is CCCCCCCCCCCCCCCCC(CN)CN(C)C. The fourth-order valence-corrected chi connectivity index (χ4v) is 3.43. The summed E-state index contributed by atoms with van der Waals surface area (Å²) in [5.74, 6) is 0.697. The van der Waals surface area contributed by atoms with E-state index in [0.717, 1.165) is 13.1 Å². The van der Waals surface area contributed by atoms with Gasteiger partial charge in [0, 0.05) is 6.54 Å². The van der Waals surface area contributed by atoms with Gasteiger partial charge in [-0.25, -0.2) is 0 Å². The smallest absolute Gasteiger partial charge is 0.00156 e. The highest BCUT2D eigenvalue weighted by molar-refractivity contribution is 4.63. The van der Waals surface area contributed by atoms with Crippen LogP contribution >= 0.6 is 0 Å². The van der Waals surface area contributed by atoms with Crippen molar-refractivity contribution in [2.75, 3.05) is 27.2 Å². The Kier molecular flexibility index (Phi) is 18.2. The number of hydrogen-bond acceptors (Lipinski definition) is 2. The van der Waals surface area contributed by atoms with Crippen LogP contribution in [0.4, 0.5) is 0 Å². The average Bonchev–Trinajstić information content (AvgIpc) is 2.53. The molecule has 0 saturated carbocycles. The third kappa shape index (κ3) is 18.1. The summed E-state index contributed by atoms with van der Waals surface area (Å²) < 4.78 is 0. The second-order valence-corrected chi connectivity index (χ2v) is 7.75. The Hall–Kier alpha value is -0.0800. The van der Waals surface area contributed by atoms with Gasteiger partial charge in [0.1, 0.15) is 0 Å². The van der Waals surface area contributed by atoms with Crippen molar-refractivity contribution >= 4 is 0 Å². The minimum absolute atomic E-state index is 0.697. The first-order valence-corrected chi connectivity index (χ1v) is 10.6. The maximum absolute atomic E-state index is 5.85. The standard InChI is InChI=1S/C21H46N2/c1-4-5-6-7-8-9-10-11-12-13-14-15-16-17-18-21(19-22)20-23(2)3/h21H,4-20,22H2,1-3H3. The number of nitrogens with two attached hydrogens (primary N) is 1. The molecule has 0 aliphatic carbocycles. The molecule has 140 valence electrons. The van der Waals surface area contributed by atoms with Crippen molar-refractivity contribution in [1.82, 2.24) is 4.90 Å². The maximum atomic E-state index is 5.85.